The van der Waals surface area contributed by atoms with Crippen molar-refractivity contribution < 1.29 is 8.94 Å². The van der Waals surface area contributed by atoms with Gasteiger partial charge >= 0.3 is 0 Å². The second kappa shape index (κ2) is 5.30. The standard InChI is InChI=1S/C15H15N3O2/c1-10(13(16)11-6-3-2-4-7-11)15-17-14(18-20-15)12-8-5-9-19-12/h2-10,13H,16H2,1H3. The normalized spacial score (nSPS) is 14.1. The summed E-state index contributed by atoms with van der Waals surface area (Å²) < 4.78 is 10.5. The van der Waals surface area contributed by atoms with Crippen molar-refractivity contribution in [1.29, 1.82) is 0 Å². The Morgan fingerprint density at radius 1 is 1.10 bits per heavy atom. The Balaban J connectivity index is 1.82. The second-order valence-electron chi connectivity index (χ2n) is 4.66. The lowest BCUT2D eigenvalue weighted by Crippen LogP contribution is -2.17. The molecular weight excluding hydrogens is 254 g/mol. The average Bonchev–Trinajstić information content (AvgIpc) is 3.17. The Labute approximate surface area is 116 Å². The molecular formula is C15H15N3O2. The molecule has 0 aliphatic carbocycles. The van der Waals surface area contributed by atoms with Crippen molar-refractivity contribution in [3.8, 4) is 11.6 Å². The molecule has 5 heteroatoms. The van der Waals surface area contributed by atoms with Crippen molar-refractivity contribution in [1.82, 2.24) is 10.1 Å². The van der Waals surface area contributed by atoms with Crippen LogP contribution < -0.4 is 5.73 Å². The summed E-state index contributed by atoms with van der Waals surface area (Å²) in [6, 6.07) is 13.2. The minimum Gasteiger partial charge on any atom is -0.461 e. The fourth-order valence-electron chi connectivity index (χ4n) is 2.04. The smallest absolute Gasteiger partial charge is 0.238 e. The summed E-state index contributed by atoms with van der Waals surface area (Å²) in [6.07, 6.45) is 1.57. The molecule has 0 saturated heterocycles. The van der Waals surface area contributed by atoms with E-state index in [0.717, 1.165) is 5.56 Å². The Morgan fingerprint density at radius 2 is 1.90 bits per heavy atom. The number of hydrogen-bond donors (Lipinski definition) is 1. The van der Waals surface area contributed by atoms with Crippen LogP contribution in [0.15, 0.2) is 57.7 Å². The highest BCUT2D eigenvalue weighted by atomic mass is 16.5. The molecule has 5 nitrogen and oxygen atoms in total. The van der Waals surface area contributed by atoms with Crippen LogP contribution in [0.3, 0.4) is 0 Å². The minimum atomic E-state index is -0.193. The highest BCUT2D eigenvalue weighted by Gasteiger charge is 2.23. The van der Waals surface area contributed by atoms with E-state index in [2.05, 4.69) is 10.1 Å². The molecule has 2 atom stereocenters. The molecule has 2 unspecified atom stereocenters. The number of benzene rings is 1. The zero-order valence-corrected chi connectivity index (χ0v) is 11.1. The first-order valence-corrected chi connectivity index (χ1v) is 6.43. The van der Waals surface area contributed by atoms with Gasteiger partial charge in [0.15, 0.2) is 5.76 Å². The van der Waals surface area contributed by atoms with E-state index in [1.807, 2.05) is 37.3 Å². The maximum atomic E-state index is 6.25. The van der Waals surface area contributed by atoms with Gasteiger partial charge in [-0.15, -0.1) is 0 Å². The van der Waals surface area contributed by atoms with Crippen molar-refractivity contribution in [2.24, 2.45) is 5.73 Å². The lowest BCUT2D eigenvalue weighted by molar-refractivity contribution is 0.343. The Kier molecular flexibility index (Phi) is 3.35. The molecule has 2 N–H and O–H groups in total. The predicted octanol–water partition coefficient (Wildman–Crippen LogP) is 3.13. The predicted molar refractivity (Wildman–Crippen MR) is 73.8 cm³/mol. The largest absolute Gasteiger partial charge is 0.461 e. The maximum Gasteiger partial charge on any atom is 0.238 e. The van der Waals surface area contributed by atoms with Crippen LogP contribution in [0.1, 0.15) is 30.3 Å². The molecule has 2 heterocycles. The molecule has 0 saturated carbocycles. The van der Waals surface area contributed by atoms with Gasteiger partial charge in [-0.3, -0.25) is 0 Å². The van der Waals surface area contributed by atoms with Crippen LogP contribution in [0.2, 0.25) is 0 Å². The SMILES string of the molecule is CC(c1nc(-c2ccco2)no1)C(N)c1ccccc1. The summed E-state index contributed by atoms with van der Waals surface area (Å²) in [6.45, 7) is 1.97. The quantitative estimate of drug-likeness (QED) is 0.787. The van der Waals surface area contributed by atoms with E-state index in [1.54, 1.807) is 18.4 Å². The van der Waals surface area contributed by atoms with Crippen LogP contribution in [0, 0.1) is 0 Å². The molecule has 0 fully saturated rings. The monoisotopic (exact) mass is 269 g/mol. The molecule has 0 aliphatic rings. The molecule has 20 heavy (non-hydrogen) atoms. The third-order valence-corrected chi connectivity index (χ3v) is 3.30. The summed E-state index contributed by atoms with van der Waals surface area (Å²) in [5.74, 6) is 1.46. The van der Waals surface area contributed by atoms with Gasteiger partial charge in [-0.25, -0.2) is 0 Å². The first-order valence-electron chi connectivity index (χ1n) is 6.43. The molecule has 0 spiro atoms. The Bertz CT molecular complexity index is 662. The van der Waals surface area contributed by atoms with Gasteiger partial charge < -0.3 is 14.7 Å². The van der Waals surface area contributed by atoms with Gasteiger partial charge in [-0.2, -0.15) is 4.98 Å². The van der Waals surface area contributed by atoms with E-state index in [-0.39, 0.29) is 12.0 Å². The van der Waals surface area contributed by atoms with Crippen LogP contribution in [-0.2, 0) is 0 Å². The lowest BCUT2D eigenvalue weighted by atomic mass is 9.95. The zero-order chi connectivity index (χ0) is 13.9. The van der Waals surface area contributed by atoms with Gasteiger partial charge in [0.05, 0.1) is 12.2 Å². The van der Waals surface area contributed by atoms with Crippen LogP contribution >= 0.6 is 0 Å². The average molecular weight is 269 g/mol. The van der Waals surface area contributed by atoms with Gasteiger partial charge in [0.2, 0.25) is 11.7 Å². The van der Waals surface area contributed by atoms with E-state index >= 15 is 0 Å². The Hall–Kier alpha value is -2.40. The number of furan rings is 1. The molecule has 0 aliphatic heterocycles. The first kappa shape index (κ1) is 12.6. The fraction of sp³-hybridized carbons (Fsp3) is 0.200. The van der Waals surface area contributed by atoms with Crippen molar-refractivity contribution in [3.05, 3.63) is 60.2 Å². The van der Waals surface area contributed by atoms with Gasteiger partial charge in [-0.1, -0.05) is 42.4 Å². The number of rotatable bonds is 4. The molecule has 102 valence electrons. The second-order valence-corrected chi connectivity index (χ2v) is 4.66. The summed E-state index contributed by atoms with van der Waals surface area (Å²) in [5.41, 5.74) is 7.29. The number of nitrogens with zero attached hydrogens (tertiary/aromatic N) is 2. The van der Waals surface area contributed by atoms with Crippen LogP contribution in [0.5, 0.6) is 0 Å². The molecule has 0 radical (unpaired) electrons. The van der Waals surface area contributed by atoms with Crippen LogP contribution in [0.4, 0.5) is 0 Å². The Morgan fingerprint density at radius 3 is 2.60 bits per heavy atom. The molecule has 2 aromatic heterocycles. The van der Waals surface area contributed by atoms with Crippen molar-refractivity contribution >= 4 is 0 Å². The minimum absolute atomic E-state index is 0.0754. The van der Waals surface area contributed by atoms with Crippen molar-refractivity contribution in [2.75, 3.05) is 0 Å². The van der Waals surface area contributed by atoms with E-state index in [4.69, 9.17) is 14.7 Å². The first-order chi connectivity index (χ1) is 9.75. The third-order valence-electron chi connectivity index (χ3n) is 3.30. The number of nitrogens with two attached hydrogens (primary N) is 1. The molecule has 3 aromatic rings. The van der Waals surface area contributed by atoms with E-state index < -0.39 is 0 Å². The topological polar surface area (TPSA) is 78.1 Å². The molecule has 0 amide bonds. The van der Waals surface area contributed by atoms with Gasteiger partial charge in [0, 0.05) is 6.04 Å². The highest BCUT2D eigenvalue weighted by Crippen LogP contribution is 2.28. The van der Waals surface area contributed by atoms with Crippen LogP contribution in [-0.4, -0.2) is 10.1 Å². The zero-order valence-electron chi connectivity index (χ0n) is 11.1. The summed E-state index contributed by atoms with van der Waals surface area (Å²) in [5, 5.41) is 3.92. The van der Waals surface area contributed by atoms with Gasteiger partial charge in [0.25, 0.3) is 0 Å². The number of aromatic nitrogens is 2. The summed E-state index contributed by atoms with van der Waals surface area (Å²) >= 11 is 0. The lowest BCUT2D eigenvalue weighted by Gasteiger charge is -2.16. The van der Waals surface area contributed by atoms with Crippen molar-refractivity contribution in [3.63, 3.8) is 0 Å². The number of hydrogen-bond acceptors (Lipinski definition) is 5. The van der Waals surface area contributed by atoms with Crippen molar-refractivity contribution in [2.45, 2.75) is 18.9 Å². The third kappa shape index (κ3) is 2.35. The van der Waals surface area contributed by atoms with Gasteiger partial charge in [-0.05, 0) is 17.7 Å². The van der Waals surface area contributed by atoms with E-state index in [1.165, 1.54) is 0 Å². The summed E-state index contributed by atoms with van der Waals surface area (Å²) in [4.78, 5) is 4.35. The fourth-order valence-corrected chi connectivity index (χ4v) is 2.04. The highest BCUT2D eigenvalue weighted by molar-refractivity contribution is 5.44. The van der Waals surface area contributed by atoms with Crippen LogP contribution in [0.25, 0.3) is 11.6 Å². The molecule has 1 aromatic carbocycles. The van der Waals surface area contributed by atoms with Gasteiger partial charge in [0.1, 0.15) is 0 Å². The van der Waals surface area contributed by atoms with E-state index in [9.17, 15) is 0 Å². The molecule has 3 rings (SSSR count). The maximum absolute atomic E-state index is 6.25. The summed E-state index contributed by atoms with van der Waals surface area (Å²) in [7, 11) is 0. The molecule has 0 bridgehead atoms. The van der Waals surface area contributed by atoms with E-state index in [0.29, 0.717) is 17.5 Å².